The number of benzene rings is 1. The van der Waals surface area contributed by atoms with E-state index < -0.39 is 0 Å². The second-order valence-corrected chi connectivity index (χ2v) is 6.38. The number of carbonyl (C=O) groups is 1. The smallest absolute Gasteiger partial charge is 0.224 e. The van der Waals surface area contributed by atoms with Crippen LogP contribution in [0.1, 0.15) is 28.1 Å². The van der Waals surface area contributed by atoms with Crippen LogP contribution >= 0.6 is 11.3 Å². The summed E-state index contributed by atoms with van der Waals surface area (Å²) in [6.45, 7) is 7.27. The Bertz CT molecular complexity index is 620. The van der Waals surface area contributed by atoms with Crippen LogP contribution in [0.15, 0.2) is 24.3 Å². The van der Waals surface area contributed by atoms with Gasteiger partial charge in [-0.2, -0.15) is 0 Å². The van der Waals surface area contributed by atoms with Crippen molar-refractivity contribution in [2.24, 2.45) is 0 Å². The van der Waals surface area contributed by atoms with Crippen molar-refractivity contribution in [3.8, 4) is 5.75 Å². The lowest BCUT2D eigenvalue weighted by Gasteiger charge is -2.06. The molecule has 22 heavy (non-hydrogen) atoms. The van der Waals surface area contributed by atoms with Gasteiger partial charge in [0.25, 0.3) is 0 Å². The summed E-state index contributed by atoms with van der Waals surface area (Å²) in [4.78, 5) is 17.6. The molecule has 1 amide bonds. The molecule has 2 rings (SSSR count). The Morgan fingerprint density at radius 1 is 1.27 bits per heavy atom. The lowest BCUT2D eigenvalue weighted by atomic mass is 10.1. The van der Waals surface area contributed by atoms with E-state index >= 15 is 0 Å². The molecule has 0 unspecified atom stereocenters. The van der Waals surface area contributed by atoms with Gasteiger partial charge in [0.15, 0.2) is 0 Å². The summed E-state index contributed by atoms with van der Waals surface area (Å²) in [6.07, 6.45) is 1.24. The Morgan fingerprint density at radius 2 is 2.00 bits per heavy atom. The maximum atomic E-state index is 11.9. The van der Waals surface area contributed by atoms with Gasteiger partial charge in [-0.15, -0.1) is 11.3 Å². The van der Waals surface area contributed by atoms with Gasteiger partial charge in [0.05, 0.1) is 23.7 Å². The highest BCUT2D eigenvalue weighted by molar-refractivity contribution is 7.11. The summed E-state index contributed by atoms with van der Waals surface area (Å²) in [6, 6.07) is 7.66. The number of aryl methyl sites for hydroxylation is 2. The number of aromatic nitrogens is 1. The Hall–Kier alpha value is -1.88. The number of nitrogens with zero attached hydrogens (tertiary/aromatic N) is 1. The number of amides is 1. The molecule has 0 aliphatic carbocycles. The van der Waals surface area contributed by atoms with E-state index in [-0.39, 0.29) is 5.91 Å². The van der Waals surface area contributed by atoms with Crippen LogP contribution in [0.4, 0.5) is 0 Å². The average Bonchev–Trinajstić information content (AvgIpc) is 2.79. The van der Waals surface area contributed by atoms with Gasteiger partial charge in [-0.25, -0.2) is 4.98 Å². The molecule has 0 aliphatic rings. The van der Waals surface area contributed by atoms with Crippen molar-refractivity contribution in [1.82, 2.24) is 10.3 Å². The molecule has 1 N–H and O–H groups in total. The van der Waals surface area contributed by atoms with Crippen molar-refractivity contribution in [1.29, 1.82) is 0 Å². The van der Waals surface area contributed by atoms with Crippen molar-refractivity contribution in [2.75, 3.05) is 13.2 Å². The topological polar surface area (TPSA) is 51.2 Å². The van der Waals surface area contributed by atoms with Gasteiger partial charge in [0, 0.05) is 17.8 Å². The van der Waals surface area contributed by atoms with Crippen LogP contribution in [0.5, 0.6) is 5.75 Å². The quantitative estimate of drug-likeness (QED) is 0.853. The van der Waals surface area contributed by atoms with Gasteiger partial charge in [-0.3, -0.25) is 4.79 Å². The first kappa shape index (κ1) is 16.5. The lowest BCUT2D eigenvalue weighted by Crippen LogP contribution is -2.27. The first-order valence-corrected chi connectivity index (χ1v) is 8.31. The van der Waals surface area contributed by atoms with Crippen molar-refractivity contribution >= 4 is 17.2 Å². The second kappa shape index (κ2) is 7.94. The molecule has 4 nitrogen and oxygen atoms in total. The molecular weight excluding hydrogens is 296 g/mol. The third-order valence-corrected chi connectivity index (χ3v) is 4.41. The maximum absolute atomic E-state index is 11.9. The largest absolute Gasteiger partial charge is 0.494 e. The molecule has 0 radical (unpaired) electrons. The molecule has 0 aliphatic heterocycles. The molecule has 0 spiro atoms. The van der Waals surface area contributed by atoms with Crippen molar-refractivity contribution in [3.05, 3.63) is 45.4 Å². The van der Waals surface area contributed by atoms with Crippen molar-refractivity contribution in [3.63, 3.8) is 0 Å². The summed E-state index contributed by atoms with van der Waals surface area (Å²) in [5, 5.41) is 4.04. The highest BCUT2D eigenvalue weighted by Crippen LogP contribution is 2.17. The van der Waals surface area contributed by atoms with Crippen LogP contribution in [0.25, 0.3) is 0 Å². The van der Waals surface area contributed by atoms with Gasteiger partial charge >= 0.3 is 0 Å². The average molecular weight is 318 g/mol. The summed E-state index contributed by atoms with van der Waals surface area (Å²) < 4.78 is 5.39. The zero-order valence-electron chi connectivity index (χ0n) is 13.3. The molecule has 0 bridgehead atoms. The summed E-state index contributed by atoms with van der Waals surface area (Å²) in [7, 11) is 0. The van der Waals surface area contributed by atoms with Crippen LogP contribution in [-0.2, 0) is 17.6 Å². The first-order chi connectivity index (χ1) is 10.6. The number of rotatable bonds is 7. The van der Waals surface area contributed by atoms with E-state index in [1.165, 1.54) is 4.88 Å². The number of carbonyl (C=O) groups excluding carboxylic acids is 1. The minimum atomic E-state index is 0.0445. The third-order valence-electron chi connectivity index (χ3n) is 3.27. The van der Waals surface area contributed by atoms with Gasteiger partial charge < -0.3 is 10.1 Å². The molecule has 118 valence electrons. The fraction of sp³-hybridized carbons (Fsp3) is 0.412. The number of ether oxygens (including phenoxy) is 1. The Kier molecular flexibility index (Phi) is 5.95. The minimum Gasteiger partial charge on any atom is -0.494 e. The van der Waals surface area contributed by atoms with E-state index in [2.05, 4.69) is 10.3 Å². The zero-order valence-corrected chi connectivity index (χ0v) is 14.1. The predicted octanol–water partition coefficient (Wildman–Crippen LogP) is 3.06. The minimum absolute atomic E-state index is 0.0445. The van der Waals surface area contributed by atoms with E-state index in [1.54, 1.807) is 11.3 Å². The van der Waals surface area contributed by atoms with Crippen LogP contribution in [0.3, 0.4) is 0 Å². The predicted molar refractivity (Wildman–Crippen MR) is 89.6 cm³/mol. The lowest BCUT2D eigenvalue weighted by molar-refractivity contribution is -0.120. The number of hydrogen-bond donors (Lipinski definition) is 1. The molecule has 5 heteroatoms. The molecule has 0 saturated carbocycles. The van der Waals surface area contributed by atoms with E-state index in [0.717, 1.165) is 28.4 Å². The fourth-order valence-electron chi connectivity index (χ4n) is 2.24. The van der Waals surface area contributed by atoms with Gasteiger partial charge in [0.2, 0.25) is 5.91 Å². The van der Waals surface area contributed by atoms with E-state index in [4.69, 9.17) is 4.74 Å². The molecule has 2 aromatic rings. The highest BCUT2D eigenvalue weighted by atomic mass is 32.1. The normalized spacial score (nSPS) is 10.5. The summed E-state index contributed by atoms with van der Waals surface area (Å²) in [5.74, 6) is 0.880. The second-order valence-electron chi connectivity index (χ2n) is 5.10. The maximum Gasteiger partial charge on any atom is 0.224 e. The molecule has 0 atom stereocenters. The summed E-state index contributed by atoms with van der Waals surface area (Å²) in [5.41, 5.74) is 2.06. The molecule has 1 aromatic heterocycles. The summed E-state index contributed by atoms with van der Waals surface area (Å²) >= 11 is 1.70. The van der Waals surface area contributed by atoms with E-state index in [0.29, 0.717) is 19.6 Å². The SMILES string of the molecule is CCOc1ccc(CC(=O)NCCc2sc(C)nc2C)cc1. The molecule has 0 fully saturated rings. The van der Waals surface area contributed by atoms with E-state index in [9.17, 15) is 4.79 Å². The van der Waals surface area contributed by atoms with Gasteiger partial charge in [0.1, 0.15) is 5.75 Å². The van der Waals surface area contributed by atoms with Crippen LogP contribution in [-0.4, -0.2) is 24.0 Å². The Balaban J connectivity index is 1.76. The van der Waals surface area contributed by atoms with Crippen LogP contribution < -0.4 is 10.1 Å². The standard InChI is InChI=1S/C17H22N2O2S/c1-4-21-15-7-5-14(6-8-15)11-17(20)18-10-9-16-12(2)19-13(3)22-16/h5-8H,4,9-11H2,1-3H3,(H,18,20). The van der Waals surface area contributed by atoms with Crippen molar-refractivity contribution in [2.45, 2.75) is 33.6 Å². The monoisotopic (exact) mass is 318 g/mol. The van der Waals surface area contributed by atoms with Gasteiger partial charge in [-0.05, 0) is 38.5 Å². The number of hydrogen-bond acceptors (Lipinski definition) is 4. The third kappa shape index (κ3) is 4.84. The highest BCUT2D eigenvalue weighted by Gasteiger charge is 2.07. The number of thiazole rings is 1. The van der Waals surface area contributed by atoms with Crippen molar-refractivity contribution < 1.29 is 9.53 Å². The fourth-order valence-corrected chi connectivity index (χ4v) is 3.18. The Labute approximate surface area is 135 Å². The van der Waals surface area contributed by atoms with Gasteiger partial charge in [-0.1, -0.05) is 12.1 Å². The Morgan fingerprint density at radius 3 is 2.59 bits per heavy atom. The molecule has 1 aromatic carbocycles. The molecule has 0 saturated heterocycles. The zero-order chi connectivity index (χ0) is 15.9. The molecular formula is C17H22N2O2S. The van der Waals surface area contributed by atoms with Crippen LogP contribution in [0, 0.1) is 13.8 Å². The van der Waals surface area contributed by atoms with Crippen LogP contribution in [0.2, 0.25) is 0 Å². The first-order valence-electron chi connectivity index (χ1n) is 7.50. The van der Waals surface area contributed by atoms with E-state index in [1.807, 2.05) is 45.0 Å². The molecule has 1 heterocycles. The number of nitrogens with one attached hydrogen (secondary N) is 1.